The van der Waals surface area contributed by atoms with Gasteiger partial charge < -0.3 is 10.1 Å². The molecule has 2 rings (SSSR count). The molecule has 0 saturated carbocycles. The summed E-state index contributed by atoms with van der Waals surface area (Å²) >= 11 is 0. The van der Waals surface area contributed by atoms with Crippen molar-refractivity contribution in [3.63, 3.8) is 0 Å². The quantitative estimate of drug-likeness (QED) is 0.864. The van der Waals surface area contributed by atoms with E-state index in [0.29, 0.717) is 5.92 Å². The van der Waals surface area contributed by atoms with E-state index in [9.17, 15) is 0 Å². The number of benzene rings is 1. The SMILES string of the molecule is COc1cccc(C2(C(C)C)CCCCN2)c1. The standard InChI is InChI=1S/C15H23NO/c1-12(2)15(9-4-5-10-16-15)13-7-6-8-14(11-13)17-3/h6-8,11-12,16H,4-5,9-10H2,1-3H3. The van der Waals surface area contributed by atoms with Crippen LogP contribution in [0, 0.1) is 5.92 Å². The third kappa shape index (κ3) is 2.32. The Morgan fingerprint density at radius 2 is 2.12 bits per heavy atom. The van der Waals surface area contributed by atoms with E-state index in [0.717, 1.165) is 12.3 Å². The Bertz CT molecular complexity index is 367. The molecule has 1 N–H and O–H groups in total. The molecule has 2 heteroatoms. The molecule has 1 saturated heterocycles. The number of methoxy groups -OCH3 is 1. The minimum atomic E-state index is 0.132. The summed E-state index contributed by atoms with van der Waals surface area (Å²) in [6, 6.07) is 8.51. The average molecular weight is 233 g/mol. The van der Waals surface area contributed by atoms with Crippen LogP contribution in [-0.4, -0.2) is 13.7 Å². The van der Waals surface area contributed by atoms with Crippen LogP contribution in [0.3, 0.4) is 0 Å². The lowest BCUT2D eigenvalue weighted by atomic mass is 9.74. The largest absolute Gasteiger partial charge is 0.497 e. The molecule has 1 aromatic carbocycles. The van der Waals surface area contributed by atoms with Gasteiger partial charge in [-0.25, -0.2) is 0 Å². The van der Waals surface area contributed by atoms with Crippen molar-refractivity contribution >= 4 is 0 Å². The molecule has 1 aromatic rings. The first-order valence-corrected chi connectivity index (χ1v) is 6.58. The van der Waals surface area contributed by atoms with Crippen LogP contribution in [0.25, 0.3) is 0 Å². The molecule has 1 unspecified atom stereocenters. The van der Waals surface area contributed by atoms with Crippen molar-refractivity contribution in [2.75, 3.05) is 13.7 Å². The van der Waals surface area contributed by atoms with Crippen LogP contribution >= 0.6 is 0 Å². The maximum Gasteiger partial charge on any atom is 0.119 e. The molecule has 0 bridgehead atoms. The van der Waals surface area contributed by atoms with Crippen molar-refractivity contribution in [2.45, 2.75) is 38.6 Å². The molecule has 0 aliphatic carbocycles. The highest BCUT2D eigenvalue weighted by molar-refractivity contribution is 5.34. The van der Waals surface area contributed by atoms with Crippen LogP contribution in [0.1, 0.15) is 38.7 Å². The van der Waals surface area contributed by atoms with Gasteiger partial charge in [0.15, 0.2) is 0 Å². The Morgan fingerprint density at radius 1 is 1.29 bits per heavy atom. The van der Waals surface area contributed by atoms with Crippen LogP contribution in [0.2, 0.25) is 0 Å². The van der Waals surface area contributed by atoms with Gasteiger partial charge in [-0.2, -0.15) is 0 Å². The van der Waals surface area contributed by atoms with Gasteiger partial charge in [0.25, 0.3) is 0 Å². The van der Waals surface area contributed by atoms with Crippen LogP contribution in [0.15, 0.2) is 24.3 Å². The molecule has 0 spiro atoms. The Balaban J connectivity index is 2.37. The second-order valence-corrected chi connectivity index (χ2v) is 5.24. The normalized spacial score (nSPS) is 24.9. The summed E-state index contributed by atoms with van der Waals surface area (Å²) in [6.45, 7) is 5.73. The van der Waals surface area contributed by atoms with Gasteiger partial charge in [0.1, 0.15) is 5.75 Å². The van der Waals surface area contributed by atoms with E-state index in [1.807, 2.05) is 6.07 Å². The zero-order valence-electron chi connectivity index (χ0n) is 11.1. The molecule has 94 valence electrons. The molecule has 17 heavy (non-hydrogen) atoms. The monoisotopic (exact) mass is 233 g/mol. The van der Waals surface area contributed by atoms with E-state index in [-0.39, 0.29) is 5.54 Å². The molecule has 1 aliphatic rings. The van der Waals surface area contributed by atoms with E-state index in [4.69, 9.17) is 4.74 Å². The number of hydrogen-bond acceptors (Lipinski definition) is 2. The number of piperidine rings is 1. The van der Waals surface area contributed by atoms with Gasteiger partial charge in [-0.3, -0.25) is 0 Å². The highest BCUT2D eigenvalue weighted by Crippen LogP contribution is 2.38. The van der Waals surface area contributed by atoms with Crippen molar-refractivity contribution in [1.82, 2.24) is 5.32 Å². The molecular weight excluding hydrogens is 210 g/mol. The summed E-state index contributed by atoms with van der Waals surface area (Å²) in [5, 5.41) is 3.74. The Morgan fingerprint density at radius 3 is 2.71 bits per heavy atom. The summed E-state index contributed by atoms with van der Waals surface area (Å²) in [7, 11) is 1.73. The molecular formula is C15H23NO. The molecule has 1 aliphatic heterocycles. The van der Waals surface area contributed by atoms with Gasteiger partial charge >= 0.3 is 0 Å². The zero-order valence-corrected chi connectivity index (χ0v) is 11.1. The van der Waals surface area contributed by atoms with Gasteiger partial charge in [0.05, 0.1) is 7.11 Å². The molecule has 0 radical (unpaired) electrons. The van der Waals surface area contributed by atoms with Crippen LogP contribution in [0.4, 0.5) is 0 Å². The van der Waals surface area contributed by atoms with Gasteiger partial charge in [0, 0.05) is 5.54 Å². The average Bonchev–Trinajstić information content (AvgIpc) is 2.39. The van der Waals surface area contributed by atoms with E-state index >= 15 is 0 Å². The second kappa shape index (κ2) is 5.09. The summed E-state index contributed by atoms with van der Waals surface area (Å²) in [5.41, 5.74) is 1.50. The molecule has 0 aromatic heterocycles. The number of rotatable bonds is 3. The van der Waals surface area contributed by atoms with Crippen LogP contribution < -0.4 is 10.1 Å². The first kappa shape index (κ1) is 12.4. The zero-order chi connectivity index (χ0) is 12.3. The second-order valence-electron chi connectivity index (χ2n) is 5.24. The van der Waals surface area contributed by atoms with Crippen LogP contribution in [0.5, 0.6) is 5.75 Å². The number of nitrogens with one attached hydrogen (secondary N) is 1. The fraction of sp³-hybridized carbons (Fsp3) is 0.600. The predicted octanol–water partition coefficient (Wildman–Crippen LogP) is 3.32. The van der Waals surface area contributed by atoms with E-state index in [1.54, 1.807) is 7.11 Å². The molecule has 1 atom stereocenters. The predicted molar refractivity (Wildman–Crippen MR) is 71.4 cm³/mol. The maximum absolute atomic E-state index is 5.34. The van der Waals surface area contributed by atoms with Gasteiger partial charge in [-0.1, -0.05) is 26.0 Å². The van der Waals surface area contributed by atoms with Crippen molar-refractivity contribution in [3.05, 3.63) is 29.8 Å². The molecule has 1 fully saturated rings. The smallest absolute Gasteiger partial charge is 0.119 e. The summed E-state index contributed by atoms with van der Waals surface area (Å²) in [4.78, 5) is 0. The van der Waals surface area contributed by atoms with Gasteiger partial charge in [-0.05, 0) is 49.4 Å². The Labute approximate surface area is 104 Å². The Hall–Kier alpha value is -1.02. The maximum atomic E-state index is 5.34. The van der Waals surface area contributed by atoms with Crippen molar-refractivity contribution in [1.29, 1.82) is 0 Å². The van der Waals surface area contributed by atoms with E-state index < -0.39 is 0 Å². The lowest BCUT2D eigenvalue weighted by molar-refractivity contribution is 0.184. The van der Waals surface area contributed by atoms with E-state index in [1.165, 1.54) is 24.8 Å². The van der Waals surface area contributed by atoms with Crippen molar-refractivity contribution in [2.24, 2.45) is 5.92 Å². The first-order valence-electron chi connectivity index (χ1n) is 6.58. The third-order valence-electron chi connectivity index (χ3n) is 4.01. The fourth-order valence-corrected chi connectivity index (χ4v) is 2.90. The minimum absolute atomic E-state index is 0.132. The van der Waals surface area contributed by atoms with E-state index in [2.05, 4.69) is 37.4 Å². The molecule has 2 nitrogen and oxygen atoms in total. The number of ether oxygens (including phenoxy) is 1. The summed E-state index contributed by atoms with van der Waals surface area (Å²) in [5.74, 6) is 1.55. The van der Waals surface area contributed by atoms with Crippen molar-refractivity contribution < 1.29 is 4.74 Å². The number of hydrogen-bond donors (Lipinski definition) is 1. The first-order chi connectivity index (χ1) is 8.19. The van der Waals surface area contributed by atoms with Gasteiger partial charge in [-0.15, -0.1) is 0 Å². The summed E-state index contributed by atoms with van der Waals surface area (Å²) in [6.07, 6.45) is 3.82. The molecule has 0 amide bonds. The topological polar surface area (TPSA) is 21.3 Å². The lowest BCUT2D eigenvalue weighted by Crippen LogP contribution is -2.49. The fourth-order valence-electron chi connectivity index (χ4n) is 2.90. The third-order valence-corrected chi connectivity index (χ3v) is 4.01. The van der Waals surface area contributed by atoms with Crippen LogP contribution in [-0.2, 0) is 5.54 Å². The lowest BCUT2D eigenvalue weighted by Gasteiger charge is -2.42. The molecule has 1 heterocycles. The van der Waals surface area contributed by atoms with Gasteiger partial charge in [0.2, 0.25) is 0 Å². The van der Waals surface area contributed by atoms with Crippen molar-refractivity contribution in [3.8, 4) is 5.75 Å². The Kier molecular flexibility index (Phi) is 3.72. The minimum Gasteiger partial charge on any atom is -0.497 e. The highest BCUT2D eigenvalue weighted by atomic mass is 16.5. The highest BCUT2D eigenvalue weighted by Gasteiger charge is 2.36. The summed E-state index contributed by atoms with van der Waals surface area (Å²) < 4.78 is 5.34.